The van der Waals surface area contributed by atoms with Crippen molar-refractivity contribution >= 4 is 16.7 Å². The number of benzene rings is 2. The number of hydrogen-bond acceptors (Lipinski definition) is 2. The molecule has 76 valence electrons. The lowest BCUT2D eigenvalue weighted by Crippen LogP contribution is -1.99. The number of carbonyl (C=O) groups is 1. The molecule has 2 N–H and O–H groups in total. The van der Waals surface area contributed by atoms with Gasteiger partial charge in [0.2, 0.25) is 0 Å². The molecular formula is C12H10O3. The Morgan fingerprint density at radius 3 is 2.33 bits per heavy atom. The van der Waals surface area contributed by atoms with Crippen LogP contribution in [0.2, 0.25) is 0 Å². The number of aromatic carboxylic acids is 1. The zero-order valence-corrected chi connectivity index (χ0v) is 7.97. The van der Waals surface area contributed by atoms with Crippen molar-refractivity contribution in [3.63, 3.8) is 0 Å². The lowest BCUT2D eigenvalue weighted by molar-refractivity contribution is 0.0699. The molecule has 0 saturated carbocycles. The predicted molar refractivity (Wildman–Crippen MR) is 56.8 cm³/mol. The first-order chi connectivity index (χ1) is 7.24. The van der Waals surface area contributed by atoms with E-state index in [1.807, 2.05) is 12.1 Å². The van der Waals surface area contributed by atoms with Crippen LogP contribution in [0.15, 0.2) is 36.4 Å². The summed E-state index contributed by atoms with van der Waals surface area (Å²) in [5.74, 6) is -0.948. The number of fused-ring (bicyclic) bond motifs is 1. The van der Waals surface area contributed by atoms with Crippen LogP contribution in [-0.4, -0.2) is 16.2 Å². The second kappa shape index (κ2) is 3.71. The highest BCUT2D eigenvalue weighted by Gasteiger charge is 2.09. The summed E-state index contributed by atoms with van der Waals surface area (Å²) in [5.41, 5.74) is 1.01. The zero-order chi connectivity index (χ0) is 10.8. The molecule has 0 aliphatic carbocycles. The molecule has 0 heterocycles. The lowest BCUT2D eigenvalue weighted by Gasteiger charge is -2.06. The molecule has 2 rings (SSSR count). The van der Waals surface area contributed by atoms with Gasteiger partial charge in [-0.2, -0.15) is 0 Å². The molecule has 15 heavy (non-hydrogen) atoms. The van der Waals surface area contributed by atoms with E-state index in [1.165, 1.54) is 6.07 Å². The predicted octanol–water partition coefficient (Wildman–Crippen LogP) is 2.03. The van der Waals surface area contributed by atoms with Gasteiger partial charge < -0.3 is 10.2 Å². The Balaban J connectivity index is 2.83. The van der Waals surface area contributed by atoms with E-state index in [4.69, 9.17) is 10.2 Å². The summed E-state index contributed by atoms with van der Waals surface area (Å²) < 4.78 is 0. The third-order valence-electron chi connectivity index (χ3n) is 2.42. The molecule has 0 aliphatic rings. The van der Waals surface area contributed by atoms with E-state index in [9.17, 15) is 4.79 Å². The molecule has 0 saturated heterocycles. The van der Waals surface area contributed by atoms with Crippen molar-refractivity contribution in [1.29, 1.82) is 0 Å². The second-order valence-corrected chi connectivity index (χ2v) is 3.28. The maximum absolute atomic E-state index is 11.0. The van der Waals surface area contributed by atoms with Gasteiger partial charge in [-0.15, -0.1) is 0 Å². The molecule has 0 radical (unpaired) electrons. The Morgan fingerprint density at radius 2 is 1.73 bits per heavy atom. The van der Waals surface area contributed by atoms with Crippen LogP contribution in [0.25, 0.3) is 10.8 Å². The van der Waals surface area contributed by atoms with Crippen molar-refractivity contribution in [3.05, 3.63) is 47.5 Å². The van der Waals surface area contributed by atoms with Gasteiger partial charge in [0.1, 0.15) is 0 Å². The smallest absolute Gasteiger partial charge is 0.336 e. The highest BCUT2D eigenvalue weighted by atomic mass is 16.4. The molecule has 0 unspecified atom stereocenters. The topological polar surface area (TPSA) is 57.5 Å². The van der Waals surface area contributed by atoms with Gasteiger partial charge in [-0.05, 0) is 22.4 Å². The molecule has 2 aromatic rings. The fraction of sp³-hybridized carbons (Fsp3) is 0.0833. The molecule has 3 nitrogen and oxygen atoms in total. The summed E-state index contributed by atoms with van der Waals surface area (Å²) in [5, 5.41) is 19.6. The Labute approximate surface area is 86.6 Å². The Bertz CT molecular complexity index is 517. The molecular weight excluding hydrogens is 192 g/mol. The summed E-state index contributed by atoms with van der Waals surface area (Å²) in [6.07, 6.45) is 0. The SMILES string of the molecule is O=C(O)c1ccc(CO)c2ccccc12. The van der Waals surface area contributed by atoms with E-state index in [1.54, 1.807) is 18.2 Å². The van der Waals surface area contributed by atoms with Crippen LogP contribution < -0.4 is 0 Å². The van der Waals surface area contributed by atoms with Gasteiger partial charge in [0, 0.05) is 0 Å². The first kappa shape index (κ1) is 9.68. The van der Waals surface area contributed by atoms with E-state index in [-0.39, 0.29) is 12.2 Å². The van der Waals surface area contributed by atoms with Gasteiger partial charge in [0.15, 0.2) is 0 Å². The minimum atomic E-state index is -0.948. The van der Waals surface area contributed by atoms with Crippen molar-refractivity contribution in [3.8, 4) is 0 Å². The van der Waals surface area contributed by atoms with Crippen molar-refractivity contribution in [2.24, 2.45) is 0 Å². The number of aliphatic hydroxyl groups excluding tert-OH is 1. The van der Waals surface area contributed by atoms with Crippen molar-refractivity contribution in [2.45, 2.75) is 6.61 Å². The van der Waals surface area contributed by atoms with Crippen LogP contribution in [0.5, 0.6) is 0 Å². The Hall–Kier alpha value is -1.87. The average Bonchev–Trinajstić information content (AvgIpc) is 2.27. The fourth-order valence-corrected chi connectivity index (χ4v) is 1.69. The van der Waals surface area contributed by atoms with Crippen LogP contribution in [0.3, 0.4) is 0 Å². The summed E-state index contributed by atoms with van der Waals surface area (Å²) >= 11 is 0. The molecule has 0 amide bonds. The largest absolute Gasteiger partial charge is 0.478 e. The van der Waals surface area contributed by atoms with E-state index >= 15 is 0 Å². The van der Waals surface area contributed by atoms with Gasteiger partial charge in [0.05, 0.1) is 12.2 Å². The summed E-state index contributed by atoms with van der Waals surface area (Å²) in [6.45, 7) is -0.0829. The number of carboxylic acids is 1. The summed E-state index contributed by atoms with van der Waals surface area (Å²) in [6, 6.07) is 10.3. The molecule has 3 heteroatoms. The number of aliphatic hydroxyl groups is 1. The minimum Gasteiger partial charge on any atom is -0.478 e. The molecule has 0 spiro atoms. The van der Waals surface area contributed by atoms with Crippen molar-refractivity contribution in [2.75, 3.05) is 0 Å². The van der Waals surface area contributed by atoms with E-state index < -0.39 is 5.97 Å². The number of rotatable bonds is 2. The maximum Gasteiger partial charge on any atom is 0.336 e. The first-order valence-corrected chi connectivity index (χ1v) is 4.59. The standard InChI is InChI=1S/C12H10O3/c13-7-8-5-6-11(12(14)15)10-4-2-1-3-9(8)10/h1-6,13H,7H2,(H,14,15). The van der Waals surface area contributed by atoms with Crippen molar-refractivity contribution < 1.29 is 15.0 Å². The lowest BCUT2D eigenvalue weighted by atomic mass is 10.00. The van der Waals surface area contributed by atoms with Gasteiger partial charge in [-0.3, -0.25) is 0 Å². The van der Waals surface area contributed by atoms with Crippen LogP contribution in [0.1, 0.15) is 15.9 Å². The van der Waals surface area contributed by atoms with Crippen LogP contribution in [-0.2, 0) is 6.61 Å². The van der Waals surface area contributed by atoms with Gasteiger partial charge >= 0.3 is 5.97 Å². The Kier molecular flexibility index (Phi) is 2.39. The Morgan fingerprint density at radius 1 is 1.07 bits per heavy atom. The molecule has 0 atom stereocenters. The highest BCUT2D eigenvalue weighted by Crippen LogP contribution is 2.22. The number of hydrogen-bond donors (Lipinski definition) is 2. The van der Waals surface area contributed by atoms with E-state index in [2.05, 4.69) is 0 Å². The summed E-state index contributed by atoms with van der Waals surface area (Å²) in [7, 11) is 0. The molecule has 2 aromatic carbocycles. The number of carboxylic acid groups (broad SMARTS) is 1. The van der Waals surface area contributed by atoms with E-state index in [0.717, 1.165) is 10.9 Å². The van der Waals surface area contributed by atoms with Crippen LogP contribution in [0, 0.1) is 0 Å². The van der Waals surface area contributed by atoms with Crippen molar-refractivity contribution in [1.82, 2.24) is 0 Å². The van der Waals surface area contributed by atoms with Gasteiger partial charge in [-0.1, -0.05) is 30.3 Å². The quantitative estimate of drug-likeness (QED) is 0.783. The third-order valence-corrected chi connectivity index (χ3v) is 2.42. The van der Waals surface area contributed by atoms with Crippen LogP contribution in [0.4, 0.5) is 0 Å². The highest BCUT2D eigenvalue weighted by molar-refractivity contribution is 6.04. The normalized spacial score (nSPS) is 10.5. The molecule has 0 aliphatic heterocycles. The van der Waals surface area contributed by atoms with Gasteiger partial charge in [-0.25, -0.2) is 4.79 Å². The molecule has 0 aromatic heterocycles. The molecule has 0 bridgehead atoms. The van der Waals surface area contributed by atoms with Crippen LogP contribution >= 0.6 is 0 Å². The average molecular weight is 202 g/mol. The minimum absolute atomic E-state index is 0.0829. The zero-order valence-electron chi connectivity index (χ0n) is 7.97. The summed E-state index contributed by atoms with van der Waals surface area (Å²) in [4.78, 5) is 11.0. The monoisotopic (exact) mass is 202 g/mol. The maximum atomic E-state index is 11.0. The first-order valence-electron chi connectivity index (χ1n) is 4.59. The van der Waals surface area contributed by atoms with Gasteiger partial charge in [0.25, 0.3) is 0 Å². The molecule has 0 fully saturated rings. The van der Waals surface area contributed by atoms with E-state index in [0.29, 0.717) is 5.39 Å². The second-order valence-electron chi connectivity index (χ2n) is 3.28. The fourth-order valence-electron chi connectivity index (χ4n) is 1.69. The third kappa shape index (κ3) is 1.57.